The Labute approximate surface area is 115 Å². The predicted molar refractivity (Wildman–Crippen MR) is 73.2 cm³/mol. The fraction of sp³-hybridized carbons (Fsp3) is 0.417. The molecule has 1 N–H and O–H groups in total. The minimum absolute atomic E-state index is 0.0783. The Morgan fingerprint density at radius 3 is 2.50 bits per heavy atom. The number of nitrogens with zero attached hydrogens (tertiary/aromatic N) is 4. The molecule has 2 heterocycles. The molecule has 2 aromatic rings. The van der Waals surface area contributed by atoms with E-state index >= 15 is 0 Å². The van der Waals surface area contributed by atoms with E-state index < -0.39 is 0 Å². The van der Waals surface area contributed by atoms with E-state index in [1.165, 1.54) is 0 Å². The summed E-state index contributed by atoms with van der Waals surface area (Å²) in [6.45, 7) is 4.20. The summed E-state index contributed by atoms with van der Waals surface area (Å²) in [5.41, 5.74) is 1.04. The lowest BCUT2D eigenvalue weighted by Gasteiger charge is -2.19. The summed E-state index contributed by atoms with van der Waals surface area (Å²) < 4.78 is 2.93. The molecule has 6 heteroatoms. The highest BCUT2D eigenvalue weighted by molar-refractivity contribution is 9.10. The molecule has 0 bridgehead atoms. The normalized spacial score (nSPS) is 12.9. The summed E-state index contributed by atoms with van der Waals surface area (Å²) in [6.07, 6.45) is 5.30. The molecule has 2 aromatic heterocycles. The number of aromatic nitrogens is 4. The summed E-state index contributed by atoms with van der Waals surface area (Å²) >= 11 is 3.55. The number of nitrogens with one attached hydrogen (secondary N) is 1. The van der Waals surface area contributed by atoms with Crippen molar-refractivity contribution in [2.75, 3.05) is 7.05 Å². The molecular formula is C12H16BrN5. The van der Waals surface area contributed by atoms with E-state index in [0.717, 1.165) is 16.0 Å². The monoisotopic (exact) mass is 309 g/mol. The summed E-state index contributed by atoms with van der Waals surface area (Å²) in [7, 11) is 1.89. The largest absolute Gasteiger partial charge is 0.305 e. The van der Waals surface area contributed by atoms with Crippen molar-refractivity contribution in [3.63, 3.8) is 0 Å². The van der Waals surface area contributed by atoms with Crippen LogP contribution in [0.25, 0.3) is 0 Å². The van der Waals surface area contributed by atoms with Gasteiger partial charge < -0.3 is 5.32 Å². The van der Waals surface area contributed by atoms with Crippen LogP contribution in [-0.4, -0.2) is 26.8 Å². The van der Waals surface area contributed by atoms with Crippen molar-refractivity contribution >= 4 is 15.9 Å². The molecule has 0 fully saturated rings. The Kier molecular flexibility index (Phi) is 4.08. The molecule has 5 nitrogen and oxygen atoms in total. The highest BCUT2D eigenvalue weighted by Crippen LogP contribution is 2.28. The Morgan fingerprint density at radius 2 is 1.94 bits per heavy atom. The molecule has 18 heavy (non-hydrogen) atoms. The summed E-state index contributed by atoms with van der Waals surface area (Å²) in [5.74, 6) is 0.739. The molecule has 0 spiro atoms. The van der Waals surface area contributed by atoms with Crippen LogP contribution in [0.2, 0.25) is 0 Å². The Hall–Kier alpha value is -1.27. The van der Waals surface area contributed by atoms with Gasteiger partial charge in [0.15, 0.2) is 5.82 Å². The smallest absolute Gasteiger partial charge is 0.151 e. The second-order valence-corrected chi connectivity index (χ2v) is 5.10. The second kappa shape index (κ2) is 5.58. The van der Waals surface area contributed by atoms with Crippen molar-refractivity contribution in [1.29, 1.82) is 0 Å². The summed E-state index contributed by atoms with van der Waals surface area (Å²) in [5, 5.41) is 7.62. The fourth-order valence-electron chi connectivity index (χ4n) is 1.88. The van der Waals surface area contributed by atoms with Gasteiger partial charge in [-0.05, 0) is 42.9 Å². The van der Waals surface area contributed by atoms with Crippen molar-refractivity contribution in [2.45, 2.75) is 25.9 Å². The summed E-state index contributed by atoms with van der Waals surface area (Å²) in [6, 6.07) is 2.02. The van der Waals surface area contributed by atoms with E-state index in [1.807, 2.05) is 24.0 Å². The van der Waals surface area contributed by atoms with E-state index in [4.69, 9.17) is 0 Å². The summed E-state index contributed by atoms with van der Waals surface area (Å²) in [4.78, 5) is 8.62. The van der Waals surface area contributed by atoms with Gasteiger partial charge in [0.25, 0.3) is 0 Å². The van der Waals surface area contributed by atoms with Crippen LogP contribution in [0.15, 0.2) is 29.1 Å². The van der Waals surface area contributed by atoms with Gasteiger partial charge in [0.1, 0.15) is 6.04 Å². The lowest BCUT2D eigenvalue weighted by molar-refractivity contribution is 0.476. The van der Waals surface area contributed by atoms with Crippen molar-refractivity contribution in [3.8, 4) is 0 Å². The molecule has 0 radical (unpaired) electrons. The molecule has 0 aliphatic carbocycles. The van der Waals surface area contributed by atoms with Crippen molar-refractivity contribution in [2.24, 2.45) is 0 Å². The van der Waals surface area contributed by atoms with Gasteiger partial charge >= 0.3 is 0 Å². The first-order chi connectivity index (χ1) is 8.65. The van der Waals surface area contributed by atoms with Crippen LogP contribution in [0.4, 0.5) is 0 Å². The Balaban J connectivity index is 2.48. The maximum atomic E-state index is 4.38. The number of hydrogen-bond donors (Lipinski definition) is 1. The van der Waals surface area contributed by atoms with Gasteiger partial charge in [0, 0.05) is 18.4 Å². The topological polar surface area (TPSA) is 55.6 Å². The first kappa shape index (κ1) is 13.2. The van der Waals surface area contributed by atoms with Crippen LogP contribution in [0.5, 0.6) is 0 Å². The Morgan fingerprint density at radius 1 is 1.28 bits per heavy atom. The molecule has 0 saturated heterocycles. The fourth-order valence-corrected chi connectivity index (χ4v) is 2.38. The lowest BCUT2D eigenvalue weighted by Crippen LogP contribution is -2.24. The zero-order valence-electron chi connectivity index (χ0n) is 10.6. The molecule has 1 unspecified atom stereocenters. The van der Waals surface area contributed by atoms with Crippen LogP contribution < -0.4 is 5.32 Å². The quantitative estimate of drug-likeness (QED) is 0.941. The van der Waals surface area contributed by atoms with Crippen LogP contribution in [0.3, 0.4) is 0 Å². The number of rotatable bonds is 4. The number of halogens is 1. The minimum Gasteiger partial charge on any atom is -0.305 e. The third kappa shape index (κ3) is 2.44. The van der Waals surface area contributed by atoms with Gasteiger partial charge in [-0.1, -0.05) is 0 Å². The standard InChI is InChI=1S/C12H16BrN5/c1-8(2)18-11(9(13)7-17-18)10(14-3)12-15-5-4-6-16-12/h4-8,10,14H,1-3H3. The first-order valence-corrected chi connectivity index (χ1v) is 6.61. The van der Waals surface area contributed by atoms with Gasteiger partial charge in [-0.15, -0.1) is 0 Å². The molecular weight excluding hydrogens is 294 g/mol. The van der Waals surface area contributed by atoms with Gasteiger partial charge in [-0.2, -0.15) is 5.10 Å². The van der Waals surface area contributed by atoms with E-state index in [2.05, 4.69) is 50.2 Å². The second-order valence-electron chi connectivity index (χ2n) is 4.24. The van der Waals surface area contributed by atoms with Crippen molar-refractivity contribution in [3.05, 3.63) is 40.6 Å². The van der Waals surface area contributed by atoms with E-state index in [1.54, 1.807) is 12.4 Å². The van der Waals surface area contributed by atoms with E-state index in [0.29, 0.717) is 0 Å². The number of hydrogen-bond acceptors (Lipinski definition) is 4. The third-order valence-electron chi connectivity index (χ3n) is 2.68. The maximum Gasteiger partial charge on any atom is 0.151 e. The highest BCUT2D eigenvalue weighted by atomic mass is 79.9. The van der Waals surface area contributed by atoms with Crippen LogP contribution in [-0.2, 0) is 0 Å². The van der Waals surface area contributed by atoms with Crippen LogP contribution in [0, 0.1) is 0 Å². The predicted octanol–water partition coefficient (Wildman–Crippen LogP) is 2.33. The average Bonchev–Trinajstić information content (AvgIpc) is 2.74. The maximum absolute atomic E-state index is 4.38. The molecule has 1 atom stereocenters. The zero-order valence-corrected chi connectivity index (χ0v) is 12.2. The SMILES string of the molecule is CNC(c1ncccn1)c1c(Br)cnn1C(C)C. The van der Waals surface area contributed by atoms with Crippen molar-refractivity contribution < 1.29 is 0 Å². The Bertz CT molecular complexity index is 508. The zero-order chi connectivity index (χ0) is 13.1. The average molecular weight is 310 g/mol. The molecule has 0 aliphatic heterocycles. The molecule has 0 aromatic carbocycles. The van der Waals surface area contributed by atoms with Gasteiger partial charge in [-0.3, -0.25) is 4.68 Å². The minimum atomic E-state index is -0.0783. The molecule has 0 aliphatic rings. The van der Waals surface area contributed by atoms with Gasteiger partial charge in [0.05, 0.1) is 16.4 Å². The molecule has 0 amide bonds. The van der Waals surface area contributed by atoms with Gasteiger partial charge in [0.2, 0.25) is 0 Å². The molecule has 0 saturated carbocycles. The van der Waals surface area contributed by atoms with Gasteiger partial charge in [-0.25, -0.2) is 9.97 Å². The van der Waals surface area contributed by atoms with Crippen LogP contribution >= 0.6 is 15.9 Å². The third-order valence-corrected chi connectivity index (χ3v) is 3.29. The van der Waals surface area contributed by atoms with E-state index in [-0.39, 0.29) is 12.1 Å². The highest BCUT2D eigenvalue weighted by Gasteiger charge is 2.23. The van der Waals surface area contributed by atoms with E-state index in [9.17, 15) is 0 Å². The van der Waals surface area contributed by atoms with Crippen LogP contribution in [0.1, 0.15) is 37.4 Å². The van der Waals surface area contributed by atoms with Crippen molar-refractivity contribution in [1.82, 2.24) is 25.1 Å². The first-order valence-electron chi connectivity index (χ1n) is 5.82. The molecule has 2 rings (SSSR count). The lowest BCUT2D eigenvalue weighted by atomic mass is 10.2. The molecule has 96 valence electrons.